The number of aromatic amines is 2. The van der Waals surface area contributed by atoms with Gasteiger partial charge in [0.15, 0.2) is 0 Å². The van der Waals surface area contributed by atoms with Crippen molar-refractivity contribution in [2.45, 2.75) is 25.2 Å². The quantitative estimate of drug-likeness (QED) is 0.223. The summed E-state index contributed by atoms with van der Waals surface area (Å²) in [5.74, 6) is 0.237. The van der Waals surface area contributed by atoms with Crippen LogP contribution in [0.5, 0.6) is 0 Å². The fourth-order valence-electron chi connectivity index (χ4n) is 7.16. The predicted molar refractivity (Wildman–Crippen MR) is 178 cm³/mol. The van der Waals surface area contributed by atoms with E-state index in [1.807, 2.05) is 0 Å². The molecule has 0 fully saturated rings. The average molecular weight is 541 g/mol. The summed E-state index contributed by atoms with van der Waals surface area (Å²) in [7, 11) is 0. The van der Waals surface area contributed by atoms with Crippen molar-refractivity contribution >= 4 is 38.8 Å². The number of allylic oxidation sites excluding steroid dienone is 3. The number of fused-ring (bicyclic) bond motifs is 9. The number of benzene rings is 5. The molecule has 5 aromatic carbocycles. The molecule has 0 radical (unpaired) electrons. The van der Waals surface area contributed by atoms with Gasteiger partial charge in [0, 0.05) is 49.4 Å². The van der Waals surface area contributed by atoms with Crippen LogP contribution >= 0.6 is 0 Å². The van der Waals surface area contributed by atoms with Crippen LogP contribution in [0.25, 0.3) is 49.9 Å². The van der Waals surface area contributed by atoms with E-state index in [0.29, 0.717) is 0 Å². The zero-order chi connectivity index (χ0) is 28.3. The summed E-state index contributed by atoms with van der Waals surface area (Å²) in [4.78, 5) is 7.50. The molecule has 0 saturated carbocycles. The first kappa shape index (κ1) is 24.7. The summed E-state index contributed by atoms with van der Waals surface area (Å²) in [6.45, 7) is 4.73. The van der Waals surface area contributed by atoms with E-state index in [1.165, 1.54) is 55.1 Å². The maximum Gasteiger partial charge on any atom is 0.0471 e. The number of nitrogens with one attached hydrogen (secondary N) is 2. The second kappa shape index (κ2) is 9.49. The minimum absolute atomic E-state index is 0.237. The lowest BCUT2D eigenvalue weighted by Crippen LogP contribution is -2.28. The Labute approximate surface area is 246 Å². The van der Waals surface area contributed by atoms with E-state index in [-0.39, 0.29) is 5.92 Å². The Balaban J connectivity index is 1.56. The zero-order valence-corrected chi connectivity index (χ0v) is 23.9. The normalized spacial score (nSPS) is 19.0. The third-order valence-electron chi connectivity index (χ3n) is 9.29. The predicted octanol–water partition coefficient (Wildman–Crippen LogP) is 10.5. The molecule has 0 bridgehead atoms. The number of aromatic nitrogens is 2. The fourth-order valence-corrected chi connectivity index (χ4v) is 7.16. The first-order valence-corrected chi connectivity index (χ1v) is 14.8. The molecular formula is C40H32N2. The van der Waals surface area contributed by atoms with Crippen LogP contribution in [0.4, 0.5) is 0 Å². The second-order valence-corrected chi connectivity index (χ2v) is 11.7. The van der Waals surface area contributed by atoms with Gasteiger partial charge in [-0.05, 0) is 64.9 Å². The second-order valence-electron chi connectivity index (χ2n) is 11.7. The van der Waals surface area contributed by atoms with Crippen LogP contribution in [0.3, 0.4) is 0 Å². The standard InChI is InChI=1S/C40H32N2/c1-26(27-13-5-3-6-14-27)25-29-21-23-35-37(30-17-9-11-19-33(30)41-35)32-22-24-36-38(31-18-10-12-20-34(31)42-36)39(32)40(29,2)28-15-7-4-8-16-28/h3-26,41-42H,1-2H3/b23-21-,29-25-. The van der Waals surface area contributed by atoms with Gasteiger partial charge in [-0.1, -0.05) is 122 Å². The van der Waals surface area contributed by atoms with Crippen molar-refractivity contribution in [1.29, 1.82) is 0 Å². The average Bonchev–Trinajstić information content (AvgIpc) is 3.60. The van der Waals surface area contributed by atoms with Crippen molar-refractivity contribution in [3.8, 4) is 11.1 Å². The lowest BCUT2D eigenvalue weighted by molar-refractivity contribution is 0.691. The van der Waals surface area contributed by atoms with Gasteiger partial charge in [0.1, 0.15) is 0 Å². The van der Waals surface area contributed by atoms with Crippen LogP contribution < -0.4 is 0 Å². The Morgan fingerprint density at radius 2 is 1.26 bits per heavy atom. The number of H-pyrrole nitrogens is 2. The maximum absolute atomic E-state index is 3.75. The number of rotatable bonds is 3. The SMILES string of the molecule is CC(/C=C1/C=C\c2[nH]c3ccccc3c2-c2ccc3[nH]c4ccccc4c3c2C1(C)c1ccccc1)c1ccccc1. The maximum atomic E-state index is 3.75. The molecule has 7 aromatic rings. The summed E-state index contributed by atoms with van der Waals surface area (Å²) in [6, 6.07) is 43.9. The van der Waals surface area contributed by atoms with Gasteiger partial charge in [-0.3, -0.25) is 0 Å². The smallest absolute Gasteiger partial charge is 0.0471 e. The highest BCUT2D eigenvalue weighted by atomic mass is 14.7. The molecule has 1 aliphatic rings. The van der Waals surface area contributed by atoms with Gasteiger partial charge in [0.05, 0.1) is 0 Å². The Morgan fingerprint density at radius 1 is 0.619 bits per heavy atom. The van der Waals surface area contributed by atoms with E-state index in [2.05, 4.69) is 163 Å². The van der Waals surface area contributed by atoms with Crippen molar-refractivity contribution in [3.63, 3.8) is 0 Å². The van der Waals surface area contributed by atoms with Gasteiger partial charge < -0.3 is 9.97 Å². The number of para-hydroxylation sites is 2. The minimum Gasteiger partial charge on any atom is -0.355 e. The van der Waals surface area contributed by atoms with Crippen LogP contribution in [0.2, 0.25) is 0 Å². The van der Waals surface area contributed by atoms with Gasteiger partial charge in [-0.25, -0.2) is 0 Å². The third-order valence-corrected chi connectivity index (χ3v) is 9.29. The van der Waals surface area contributed by atoms with Gasteiger partial charge in [-0.15, -0.1) is 0 Å². The van der Waals surface area contributed by atoms with Gasteiger partial charge >= 0.3 is 0 Å². The third kappa shape index (κ3) is 3.65. The molecule has 2 N–H and O–H groups in total. The monoisotopic (exact) mass is 540 g/mol. The largest absolute Gasteiger partial charge is 0.355 e. The highest BCUT2D eigenvalue weighted by molar-refractivity contribution is 6.14. The summed E-state index contributed by atoms with van der Waals surface area (Å²) in [5, 5.41) is 3.80. The molecule has 0 aliphatic heterocycles. The molecule has 2 atom stereocenters. The Bertz CT molecular complexity index is 2160. The molecular weight excluding hydrogens is 508 g/mol. The highest BCUT2D eigenvalue weighted by Crippen LogP contribution is 2.52. The molecule has 2 heterocycles. The van der Waals surface area contributed by atoms with E-state index < -0.39 is 5.41 Å². The Hall–Kier alpha value is -5.08. The molecule has 2 heteroatoms. The molecule has 2 nitrogen and oxygen atoms in total. The number of hydrogen-bond acceptors (Lipinski definition) is 0. The van der Waals surface area contributed by atoms with E-state index in [9.17, 15) is 0 Å². The first-order chi connectivity index (χ1) is 20.6. The highest BCUT2D eigenvalue weighted by Gasteiger charge is 2.38. The molecule has 0 spiro atoms. The number of hydrogen-bond donors (Lipinski definition) is 2. The van der Waals surface area contributed by atoms with Crippen molar-refractivity contribution in [2.75, 3.05) is 0 Å². The van der Waals surface area contributed by atoms with E-state index in [1.54, 1.807) is 0 Å². The van der Waals surface area contributed by atoms with E-state index in [4.69, 9.17) is 0 Å². The molecule has 202 valence electrons. The van der Waals surface area contributed by atoms with Crippen LogP contribution in [-0.2, 0) is 5.41 Å². The summed E-state index contributed by atoms with van der Waals surface area (Å²) < 4.78 is 0. The fraction of sp³-hybridized carbons (Fsp3) is 0.100. The van der Waals surface area contributed by atoms with Gasteiger partial charge in [0.2, 0.25) is 0 Å². The molecule has 0 amide bonds. The van der Waals surface area contributed by atoms with Crippen molar-refractivity contribution < 1.29 is 0 Å². The van der Waals surface area contributed by atoms with Crippen molar-refractivity contribution in [3.05, 3.63) is 161 Å². The zero-order valence-electron chi connectivity index (χ0n) is 23.9. The van der Waals surface area contributed by atoms with Crippen LogP contribution in [0.15, 0.2) is 139 Å². The van der Waals surface area contributed by atoms with E-state index >= 15 is 0 Å². The van der Waals surface area contributed by atoms with E-state index in [0.717, 1.165) is 16.7 Å². The lowest BCUT2D eigenvalue weighted by Gasteiger charge is -2.37. The Kier molecular flexibility index (Phi) is 5.58. The Morgan fingerprint density at radius 3 is 2.02 bits per heavy atom. The molecule has 1 aliphatic carbocycles. The first-order valence-electron chi connectivity index (χ1n) is 14.8. The van der Waals surface area contributed by atoms with Gasteiger partial charge in [-0.2, -0.15) is 0 Å². The van der Waals surface area contributed by atoms with Crippen LogP contribution in [0, 0.1) is 0 Å². The molecule has 2 unspecified atom stereocenters. The van der Waals surface area contributed by atoms with Crippen LogP contribution in [-0.4, -0.2) is 9.97 Å². The van der Waals surface area contributed by atoms with Crippen molar-refractivity contribution in [2.24, 2.45) is 0 Å². The summed E-state index contributed by atoms with van der Waals surface area (Å²) in [6.07, 6.45) is 7.13. The summed E-state index contributed by atoms with van der Waals surface area (Å²) in [5.41, 5.74) is 11.9. The molecule has 0 saturated heterocycles. The summed E-state index contributed by atoms with van der Waals surface area (Å²) >= 11 is 0. The lowest BCUT2D eigenvalue weighted by atomic mass is 9.65. The molecule has 42 heavy (non-hydrogen) atoms. The molecule has 2 aromatic heterocycles. The molecule has 8 rings (SSSR count). The van der Waals surface area contributed by atoms with Crippen molar-refractivity contribution in [1.82, 2.24) is 9.97 Å². The van der Waals surface area contributed by atoms with Crippen LogP contribution in [0.1, 0.15) is 42.1 Å². The van der Waals surface area contributed by atoms with Gasteiger partial charge in [0.25, 0.3) is 0 Å². The minimum atomic E-state index is -0.434. The topological polar surface area (TPSA) is 31.6 Å².